The predicted molar refractivity (Wildman–Crippen MR) is 58.0 cm³/mol. The van der Waals surface area contributed by atoms with E-state index in [1.54, 1.807) is 5.38 Å². The van der Waals surface area contributed by atoms with Crippen molar-refractivity contribution in [3.63, 3.8) is 0 Å². The van der Waals surface area contributed by atoms with E-state index in [1.807, 2.05) is 0 Å². The van der Waals surface area contributed by atoms with Crippen LogP contribution in [0.5, 0.6) is 0 Å². The van der Waals surface area contributed by atoms with Crippen molar-refractivity contribution < 1.29 is 13.2 Å². The molecule has 0 amide bonds. The van der Waals surface area contributed by atoms with Crippen LogP contribution < -0.4 is 11.3 Å². The molecular weight excluding hydrogens is 255 g/mol. The lowest BCUT2D eigenvalue weighted by molar-refractivity contribution is -0.165. The Labute approximate surface area is 97.5 Å². The van der Waals surface area contributed by atoms with Crippen LogP contribution in [0.2, 0.25) is 0 Å². The SMILES string of the molecule is NCC(n1cnc2sccc2c1=O)C(F)(F)F. The van der Waals surface area contributed by atoms with Gasteiger partial charge in [-0.3, -0.25) is 9.36 Å². The zero-order valence-electron chi connectivity index (χ0n) is 8.44. The molecule has 1 atom stereocenters. The summed E-state index contributed by atoms with van der Waals surface area (Å²) in [6, 6.07) is -0.581. The average Bonchev–Trinajstić information content (AvgIpc) is 2.69. The van der Waals surface area contributed by atoms with Crippen LogP contribution in [0.1, 0.15) is 6.04 Å². The average molecular weight is 263 g/mol. The van der Waals surface area contributed by atoms with E-state index in [4.69, 9.17) is 5.73 Å². The van der Waals surface area contributed by atoms with Gasteiger partial charge in [0.2, 0.25) is 0 Å². The Bertz CT molecular complexity index is 589. The molecule has 0 aliphatic heterocycles. The van der Waals surface area contributed by atoms with E-state index >= 15 is 0 Å². The fraction of sp³-hybridized carbons (Fsp3) is 0.333. The Kier molecular flexibility index (Phi) is 2.92. The Hall–Kier alpha value is -1.41. The molecule has 8 heteroatoms. The van der Waals surface area contributed by atoms with Crippen LogP contribution in [0.3, 0.4) is 0 Å². The summed E-state index contributed by atoms with van der Waals surface area (Å²) in [4.78, 5) is 16.0. The molecule has 2 N–H and O–H groups in total. The van der Waals surface area contributed by atoms with Crippen LogP contribution in [-0.4, -0.2) is 22.3 Å². The van der Waals surface area contributed by atoms with Gasteiger partial charge in [0.05, 0.1) is 11.7 Å². The van der Waals surface area contributed by atoms with E-state index in [0.29, 0.717) is 9.40 Å². The normalized spacial score (nSPS) is 14.1. The van der Waals surface area contributed by atoms with Crippen molar-refractivity contribution in [3.8, 4) is 0 Å². The lowest BCUT2D eigenvalue weighted by Gasteiger charge is -2.20. The third-order valence-corrected chi connectivity index (χ3v) is 3.17. The molecule has 2 aromatic rings. The molecule has 0 saturated heterocycles. The fourth-order valence-electron chi connectivity index (χ4n) is 1.50. The molecule has 0 aliphatic rings. The summed E-state index contributed by atoms with van der Waals surface area (Å²) in [6.07, 6.45) is -3.67. The third-order valence-electron chi connectivity index (χ3n) is 2.35. The minimum absolute atomic E-state index is 0.181. The van der Waals surface area contributed by atoms with Gasteiger partial charge in [-0.05, 0) is 11.4 Å². The van der Waals surface area contributed by atoms with E-state index in [-0.39, 0.29) is 5.39 Å². The molecule has 0 radical (unpaired) electrons. The molecule has 2 heterocycles. The first-order valence-electron chi connectivity index (χ1n) is 4.66. The monoisotopic (exact) mass is 263 g/mol. The number of nitrogens with zero attached hydrogens (tertiary/aromatic N) is 2. The summed E-state index contributed by atoms with van der Waals surface area (Å²) < 4.78 is 38.5. The molecular formula is C9H8F3N3OS. The molecule has 0 spiro atoms. The highest BCUT2D eigenvalue weighted by Gasteiger charge is 2.40. The summed E-state index contributed by atoms with van der Waals surface area (Å²) >= 11 is 1.20. The van der Waals surface area contributed by atoms with Crippen LogP contribution >= 0.6 is 11.3 Å². The van der Waals surface area contributed by atoms with Crippen LogP contribution in [0.15, 0.2) is 22.6 Å². The first-order valence-corrected chi connectivity index (χ1v) is 5.54. The van der Waals surface area contributed by atoms with Gasteiger partial charge < -0.3 is 5.73 Å². The van der Waals surface area contributed by atoms with Crippen molar-refractivity contribution >= 4 is 21.6 Å². The van der Waals surface area contributed by atoms with Gasteiger partial charge >= 0.3 is 6.18 Å². The molecule has 0 saturated carbocycles. The topological polar surface area (TPSA) is 60.9 Å². The highest BCUT2D eigenvalue weighted by atomic mass is 32.1. The lowest BCUT2D eigenvalue weighted by Crippen LogP contribution is -2.38. The minimum Gasteiger partial charge on any atom is -0.328 e. The fourth-order valence-corrected chi connectivity index (χ4v) is 2.22. The van der Waals surface area contributed by atoms with Crippen molar-refractivity contribution in [2.75, 3.05) is 6.54 Å². The van der Waals surface area contributed by atoms with E-state index in [1.165, 1.54) is 17.4 Å². The second-order valence-corrected chi connectivity index (χ2v) is 4.28. The molecule has 0 aromatic carbocycles. The van der Waals surface area contributed by atoms with Crippen molar-refractivity contribution in [1.82, 2.24) is 9.55 Å². The van der Waals surface area contributed by atoms with Crippen molar-refractivity contribution in [1.29, 1.82) is 0 Å². The number of nitrogens with two attached hydrogens (primary N) is 1. The molecule has 17 heavy (non-hydrogen) atoms. The molecule has 4 nitrogen and oxygen atoms in total. The van der Waals surface area contributed by atoms with Gasteiger partial charge in [-0.1, -0.05) is 0 Å². The van der Waals surface area contributed by atoms with Crippen LogP contribution in [0, 0.1) is 0 Å². The van der Waals surface area contributed by atoms with Crippen molar-refractivity contribution in [2.45, 2.75) is 12.2 Å². The van der Waals surface area contributed by atoms with E-state index < -0.39 is 24.3 Å². The Morgan fingerprint density at radius 1 is 1.53 bits per heavy atom. The lowest BCUT2D eigenvalue weighted by atomic mass is 10.2. The molecule has 0 bridgehead atoms. The number of hydrogen-bond acceptors (Lipinski definition) is 4. The molecule has 1 unspecified atom stereocenters. The number of aromatic nitrogens is 2. The maximum Gasteiger partial charge on any atom is 0.410 e. The number of thiophene rings is 1. The smallest absolute Gasteiger partial charge is 0.328 e. The zero-order valence-corrected chi connectivity index (χ0v) is 9.26. The van der Waals surface area contributed by atoms with E-state index in [9.17, 15) is 18.0 Å². The Morgan fingerprint density at radius 3 is 2.82 bits per heavy atom. The number of hydrogen-bond donors (Lipinski definition) is 1. The Balaban J connectivity index is 2.62. The largest absolute Gasteiger partial charge is 0.410 e. The summed E-state index contributed by atoms with van der Waals surface area (Å²) in [5, 5.41) is 1.79. The van der Waals surface area contributed by atoms with Gasteiger partial charge in [0.1, 0.15) is 10.9 Å². The predicted octanol–water partition coefficient (Wildman–Crippen LogP) is 1.52. The second kappa shape index (κ2) is 4.11. The summed E-state index contributed by atoms with van der Waals surface area (Å²) in [5.41, 5.74) is 4.36. The van der Waals surface area contributed by atoms with Gasteiger partial charge in [-0.15, -0.1) is 11.3 Å². The van der Waals surface area contributed by atoms with E-state index in [0.717, 1.165) is 6.33 Å². The van der Waals surface area contributed by atoms with Crippen LogP contribution in [-0.2, 0) is 0 Å². The van der Waals surface area contributed by atoms with Gasteiger partial charge in [0.25, 0.3) is 5.56 Å². The first-order chi connectivity index (χ1) is 7.95. The number of fused-ring (bicyclic) bond motifs is 1. The summed E-state index contributed by atoms with van der Waals surface area (Å²) in [7, 11) is 0. The number of alkyl halides is 3. The quantitative estimate of drug-likeness (QED) is 0.893. The second-order valence-electron chi connectivity index (χ2n) is 3.39. The third kappa shape index (κ3) is 2.05. The first kappa shape index (κ1) is 12.1. The van der Waals surface area contributed by atoms with Crippen molar-refractivity contribution in [2.24, 2.45) is 5.73 Å². The summed E-state index contributed by atoms with van der Waals surface area (Å²) in [6.45, 7) is -0.694. The Morgan fingerprint density at radius 2 is 2.24 bits per heavy atom. The van der Waals surface area contributed by atoms with Gasteiger partial charge in [0, 0.05) is 6.54 Å². The maximum atomic E-state index is 12.6. The highest BCUT2D eigenvalue weighted by molar-refractivity contribution is 7.16. The highest BCUT2D eigenvalue weighted by Crippen LogP contribution is 2.28. The zero-order chi connectivity index (χ0) is 12.6. The standard InChI is InChI=1S/C9H8F3N3OS/c10-9(11,12)6(3-13)15-4-14-7-5(8(15)16)1-2-17-7/h1-2,4,6H,3,13H2. The number of halogens is 3. The van der Waals surface area contributed by atoms with Gasteiger partial charge in [0.15, 0.2) is 0 Å². The van der Waals surface area contributed by atoms with Crippen LogP contribution in [0.25, 0.3) is 10.2 Å². The molecule has 2 rings (SSSR count). The summed E-state index contributed by atoms with van der Waals surface area (Å²) in [5.74, 6) is 0. The number of rotatable bonds is 2. The van der Waals surface area contributed by atoms with Crippen LogP contribution in [0.4, 0.5) is 13.2 Å². The maximum absolute atomic E-state index is 12.6. The molecule has 0 aliphatic carbocycles. The van der Waals surface area contributed by atoms with E-state index in [2.05, 4.69) is 4.98 Å². The van der Waals surface area contributed by atoms with Crippen molar-refractivity contribution in [3.05, 3.63) is 28.1 Å². The minimum atomic E-state index is -4.57. The molecule has 2 aromatic heterocycles. The van der Waals surface area contributed by atoms with Gasteiger partial charge in [-0.25, -0.2) is 4.98 Å². The molecule has 0 fully saturated rings. The molecule has 92 valence electrons. The van der Waals surface area contributed by atoms with Gasteiger partial charge in [-0.2, -0.15) is 13.2 Å².